The van der Waals surface area contributed by atoms with Gasteiger partial charge in [0.2, 0.25) is 5.91 Å². The average Bonchev–Trinajstić information content (AvgIpc) is 2.83. The third-order valence-corrected chi connectivity index (χ3v) is 5.05. The quantitative estimate of drug-likeness (QED) is 0.736. The van der Waals surface area contributed by atoms with Gasteiger partial charge in [-0.15, -0.1) is 11.3 Å². The fraction of sp³-hybridized carbons (Fsp3) is 0.278. The number of carbonyl (C=O) groups is 1. The van der Waals surface area contributed by atoms with E-state index in [1.54, 1.807) is 23.5 Å². The predicted octanol–water partition coefficient (Wildman–Crippen LogP) is 4.11. The smallest absolute Gasteiger partial charge is 0.243 e. The average molecular weight is 358 g/mol. The first-order valence-corrected chi connectivity index (χ1v) is 8.71. The molecule has 0 aliphatic heterocycles. The Bertz CT molecular complexity index is 967. The van der Waals surface area contributed by atoms with Gasteiger partial charge >= 0.3 is 0 Å². The van der Waals surface area contributed by atoms with Crippen LogP contribution in [-0.2, 0) is 4.79 Å². The second-order valence-corrected chi connectivity index (χ2v) is 7.17. The van der Waals surface area contributed by atoms with Crippen molar-refractivity contribution in [2.45, 2.75) is 27.7 Å². The lowest BCUT2D eigenvalue weighted by Gasteiger charge is -2.10. The number of aromatic nitrogens is 2. The highest BCUT2D eigenvalue weighted by atomic mass is 32.1. The zero-order valence-corrected chi connectivity index (χ0v) is 15.3. The first-order chi connectivity index (χ1) is 11.8. The molecule has 2 heterocycles. The lowest BCUT2D eigenvalue weighted by molar-refractivity contribution is -0.114. The van der Waals surface area contributed by atoms with Crippen molar-refractivity contribution in [2.24, 2.45) is 0 Å². The summed E-state index contributed by atoms with van der Waals surface area (Å²) in [5.74, 6) is 0.479. The van der Waals surface area contributed by atoms with Crippen LogP contribution >= 0.6 is 11.3 Å². The van der Waals surface area contributed by atoms with Crippen LogP contribution in [-0.4, -0.2) is 22.4 Å². The molecule has 2 aromatic heterocycles. The van der Waals surface area contributed by atoms with Crippen LogP contribution < -0.4 is 10.6 Å². The number of hydrogen-bond donors (Lipinski definition) is 2. The van der Waals surface area contributed by atoms with E-state index in [9.17, 15) is 9.18 Å². The van der Waals surface area contributed by atoms with Crippen molar-refractivity contribution in [1.29, 1.82) is 0 Å². The van der Waals surface area contributed by atoms with Gasteiger partial charge in [-0.1, -0.05) is 6.07 Å². The summed E-state index contributed by atoms with van der Waals surface area (Å²) in [4.78, 5) is 23.1. The van der Waals surface area contributed by atoms with Crippen molar-refractivity contribution in [1.82, 2.24) is 9.97 Å². The van der Waals surface area contributed by atoms with Crippen molar-refractivity contribution < 1.29 is 9.18 Å². The van der Waals surface area contributed by atoms with Crippen LogP contribution in [0.5, 0.6) is 0 Å². The molecule has 0 aliphatic carbocycles. The van der Waals surface area contributed by atoms with E-state index in [-0.39, 0.29) is 18.1 Å². The Morgan fingerprint density at radius 1 is 1.20 bits per heavy atom. The van der Waals surface area contributed by atoms with Crippen LogP contribution in [0, 0.1) is 33.5 Å². The van der Waals surface area contributed by atoms with E-state index in [2.05, 4.69) is 20.6 Å². The number of thiophene rings is 1. The number of rotatable bonds is 4. The topological polar surface area (TPSA) is 66.9 Å². The maximum atomic E-state index is 13.8. The molecular formula is C18H19FN4OS. The first-order valence-electron chi connectivity index (χ1n) is 7.89. The lowest BCUT2D eigenvalue weighted by atomic mass is 10.2. The largest absolute Gasteiger partial charge is 0.360 e. The Labute approximate surface area is 149 Å². The molecule has 2 N–H and O–H groups in total. The van der Waals surface area contributed by atoms with Crippen LogP contribution in [0.1, 0.15) is 21.8 Å². The number of hydrogen-bond acceptors (Lipinski definition) is 5. The van der Waals surface area contributed by atoms with E-state index in [1.807, 2.05) is 27.7 Å². The molecule has 0 saturated carbocycles. The van der Waals surface area contributed by atoms with Gasteiger partial charge in [-0.25, -0.2) is 14.4 Å². The minimum absolute atomic E-state index is 0.00668. The summed E-state index contributed by atoms with van der Waals surface area (Å²) in [6.07, 6.45) is 0. The molecule has 0 aliphatic rings. The van der Waals surface area contributed by atoms with Crippen molar-refractivity contribution >= 4 is 39.0 Å². The maximum absolute atomic E-state index is 13.8. The summed E-state index contributed by atoms with van der Waals surface area (Å²) >= 11 is 1.61. The van der Waals surface area contributed by atoms with Gasteiger partial charge in [0.15, 0.2) is 0 Å². The lowest BCUT2D eigenvalue weighted by Crippen LogP contribution is -2.23. The molecule has 130 valence electrons. The monoisotopic (exact) mass is 358 g/mol. The van der Waals surface area contributed by atoms with Crippen molar-refractivity contribution in [3.05, 3.63) is 45.8 Å². The second kappa shape index (κ2) is 6.76. The number of nitrogens with one attached hydrogen (secondary N) is 2. The Morgan fingerprint density at radius 2 is 1.96 bits per heavy atom. The molecule has 3 aromatic rings. The molecule has 0 saturated heterocycles. The minimum atomic E-state index is -0.455. The molecular weight excluding hydrogens is 339 g/mol. The highest BCUT2D eigenvalue weighted by Crippen LogP contribution is 2.33. The Hall–Kier alpha value is -2.54. The number of aryl methyl sites for hydroxylation is 4. The van der Waals surface area contributed by atoms with E-state index in [4.69, 9.17) is 0 Å². The van der Waals surface area contributed by atoms with Gasteiger partial charge in [-0.3, -0.25) is 4.79 Å². The molecule has 0 spiro atoms. The molecule has 25 heavy (non-hydrogen) atoms. The summed E-state index contributed by atoms with van der Waals surface area (Å²) in [7, 11) is 0. The first kappa shape index (κ1) is 17.3. The highest BCUT2D eigenvalue weighted by molar-refractivity contribution is 7.18. The van der Waals surface area contributed by atoms with Gasteiger partial charge in [0, 0.05) is 4.88 Å². The van der Waals surface area contributed by atoms with Gasteiger partial charge in [0.1, 0.15) is 22.3 Å². The van der Waals surface area contributed by atoms with Gasteiger partial charge < -0.3 is 10.6 Å². The van der Waals surface area contributed by atoms with Crippen LogP contribution in [0.4, 0.5) is 15.9 Å². The van der Waals surface area contributed by atoms with Crippen molar-refractivity contribution in [3.63, 3.8) is 0 Å². The van der Waals surface area contributed by atoms with E-state index in [1.165, 1.54) is 10.9 Å². The minimum Gasteiger partial charge on any atom is -0.360 e. The van der Waals surface area contributed by atoms with Gasteiger partial charge in [-0.2, -0.15) is 0 Å². The number of anilines is 2. The summed E-state index contributed by atoms with van der Waals surface area (Å²) in [6, 6.07) is 4.60. The Balaban J connectivity index is 1.78. The van der Waals surface area contributed by atoms with E-state index in [0.29, 0.717) is 11.6 Å². The standard InChI is InChI=1S/C18H19FN4OS/c1-9-5-6-13(19)14(7-9)23-15(24)8-20-17-16-10(2)11(3)25-18(16)22-12(4)21-17/h5-7H,8H2,1-4H3,(H,23,24)(H,20,21,22). The number of benzene rings is 1. The van der Waals surface area contributed by atoms with Gasteiger partial charge in [-0.05, 0) is 51.0 Å². The summed E-state index contributed by atoms with van der Waals surface area (Å²) < 4.78 is 13.8. The summed E-state index contributed by atoms with van der Waals surface area (Å²) in [5, 5.41) is 6.58. The van der Waals surface area contributed by atoms with Gasteiger partial charge in [0.05, 0.1) is 17.6 Å². The zero-order chi connectivity index (χ0) is 18.1. The van der Waals surface area contributed by atoms with Crippen LogP contribution in [0.15, 0.2) is 18.2 Å². The van der Waals surface area contributed by atoms with Crippen molar-refractivity contribution in [2.75, 3.05) is 17.2 Å². The molecule has 0 unspecified atom stereocenters. The SMILES string of the molecule is Cc1ccc(F)c(NC(=O)CNc2nc(C)nc3sc(C)c(C)c23)c1. The number of halogens is 1. The molecule has 1 amide bonds. The number of nitrogens with zero attached hydrogens (tertiary/aromatic N) is 2. The third-order valence-electron chi connectivity index (χ3n) is 3.95. The Kier molecular flexibility index (Phi) is 4.67. The molecule has 0 bridgehead atoms. The second-order valence-electron chi connectivity index (χ2n) is 5.97. The molecule has 3 rings (SSSR count). The predicted molar refractivity (Wildman–Crippen MR) is 99.9 cm³/mol. The molecule has 5 nitrogen and oxygen atoms in total. The normalized spacial score (nSPS) is 10.9. The molecule has 0 radical (unpaired) electrons. The molecule has 0 atom stereocenters. The number of fused-ring (bicyclic) bond motifs is 1. The molecule has 7 heteroatoms. The van der Waals surface area contributed by atoms with E-state index in [0.717, 1.165) is 21.3 Å². The third kappa shape index (κ3) is 3.61. The fourth-order valence-corrected chi connectivity index (χ4v) is 3.65. The maximum Gasteiger partial charge on any atom is 0.243 e. The Morgan fingerprint density at radius 3 is 2.72 bits per heavy atom. The fourth-order valence-electron chi connectivity index (χ4n) is 2.58. The van der Waals surface area contributed by atoms with Crippen LogP contribution in [0.3, 0.4) is 0 Å². The summed E-state index contributed by atoms with van der Waals surface area (Å²) in [5.41, 5.74) is 2.16. The number of amides is 1. The van der Waals surface area contributed by atoms with E-state index < -0.39 is 5.82 Å². The number of carbonyl (C=O) groups excluding carboxylic acids is 1. The zero-order valence-electron chi connectivity index (χ0n) is 14.5. The van der Waals surface area contributed by atoms with Crippen LogP contribution in [0.25, 0.3) is 10.2 Å². The van der Waals surface area contributed by atoms with E-state index >= 15 is 0 Å². The van der Waals surface area contributed by atoms with Crippen molar-refractivity contribution in [3.8, 4) is 0 Å². The summed E-state index contributed by atoms with van der Waals surface area (Å²) in [6.45, 7) is 7.70. The molecule has 0 fully saturated rings. The highest BCUT2D eigenvalue weighted by Gasteiger charge is 2.14. The van der Waals surface area contributed by atoms with Crippen LogP contribution in [0.2, 0.25) is 0 Å². The molecule has 1 aromatic carbocycles. The van der Waals surface area contributed by atoms with Gasteiger partial charge in [0.25, 0.3) is 0 Å².